The van der Waals surface area contributed by atoms with Crippen molar-refractivity contribution in [2.45, 2.75) is 13.3 Å². The van der Waals surface area contributed by atoms with Crippen molar-refractivity contribution in [3.63, 3.8) is 0 Å². The summed E-state index contributed by atoms with van der Waals surface area (Å²) in [4.78, 5) is 12.4. The normalized spacial score (nSPS) is 10.2. The van der Waals surface area contributed by atoms with Crippen LogP contribution >= 0.6 is 11.3 Å². The van der Waals surface area contributed by atoms with Gasteiger partial charge in [0, 0.05) is 11.6 Å². The molecule has 0 aliphatic carbocycles. The monoisotopic (exact) mass is 191 g/mol. The molecule has 66 valence electrons. The molecule has 0 aliphatic rings. The number of thiazole rings is 1. The summed E-state index contributed by atoms with van der Waals surface area (Å²) in [7, 11) is 0. The Bertz CT molecular complexity index is 383. The largest absolute Gasteiger partial charge is 0.245 e. The lowest BCUT2D eigenvalue weighted by atomic mass is 10.4. The van der Waals surface area contributed by atoms with Crippen LogP contribution in [-0.2, 0) is 6.42 Å². The van der Waals surface area contributed by atoms with E-state index in [9.17, 15) is 0 Å². The van der Waals surface area contributed by atoms with E-state index in [0.29, 0.717) is 0 Å². The summed E-state index contributed by atoms with van der Waals surface area (Å²) < 4.78 is 0. The third kappa shape index (κ3) is 1.72. The topological polar surface area (TPSA) is 38.7 Å². The zero-order chi connectivity index (χ0) is 9.10. The summed E-state index contributed by atoms with van der Waals surface area (Å²) in [6.45, 7) is 2.10. The molecule has 0 N–H and O–H groups in total. The Kier molecular flexibility index (Phi) is 2.31. The van der Waals surface area contributed by atoms with Crippen molar-refractivity contribution in [3.8, 4) is 10.7 Å². The first-order chi connectivity index (χ1) is 6.40. The van der Waals surface area contributed by atoms with Gasteiger partial charge in [-0.05, 0) is 12.5 Å². The maximum Gasteiger partial charge on any atom is 0.142 e. The molecule has 0 amide bonds. The lowest BCUT2D eigenvalue weighted by Crippen LogP contribution is -1.84. The van der Waals surface area contributed by atoms with Crippen molar-refractivity contribution in [3.05, 3.63) is 29.7 Å². The number of nitrogens with zero attached hydrogens (tertiary/aromatic N) is 3. The molecule has 0 bridgehead atoms. The van der Waals surface area contributed by atoms with Crippen molar-refractivity contribution in [1.29, 1.82) is 0 Å². The van der Waals surface area contributed by atoms with E-state index >= 15 is 0 Å². The highest BCUT2D eigenvalue weighted by Crippen LogP contribution is 2.20. The van der Waals surface area contributed by atoms with Crippen molar-refractivity contribution < 1.29 is 0 Å². The van der Waals surface area contributed by atoms with Crippen LogP contribution in [0.3, 0.4) is 0 Å². The maximum atomic E-state index is 4.43. The summed E-state index contributed by atoms with van der Waals surface area (Å²) in [6.07, 6.45) is 4.25. The minimum atomic E-state index is 0.903. The first kappa shape index (κ1) is 8.31. The van der Waals surface area contributed by atoms with Crippen LogP contribution < -0.4 is 0 Å². The number of hydrogen-bond donors (Lipinski definition) is 0. The van der Waals surface area contributed by atoms with Gasteiger partial charge in [0.2, 0.25) is 0 Å². The Morgan fingerprint density at radius 1 is 1.46 bits per heavy atom. The number of aromatic nitrogens is 3. The average molecular weight is 191 g/mol. The van der Waals surface area contributed by atoms with Crippen LogP contribution in [0, 0.1) is 0 Å². The van der Waals surface area contributed by atoms with Crippen molar-refractivity contribution >= 4 is 11.3 Å². The van der Waals surface area contributed by atoms with Gasteiger partial charge < -0.3 is 0 Å². The molecule has 0 fully saturated rings. The van der Waals surface area contributed by atoms with Gasteiger partial charge in [0.15, 0.2) is 0 Å². The fourth-order valence-electron chi connectivity index (χ4n) is 1.00. The quantitative estimate of drug-likeness (QED) is 0.730. The Labute approximate surface area is 80.5 Å². The molecule has 2 rings (SSSR count). The van der Waals surface area contributed by atoms with Crippen LogP contribution in [0.25, 0.3) is 10.7 Å². The molecular formula is C9H9N3S. The molecular weight excluding hydrogens is 182 g/mol. The fraction of sp³-hybridized carbons (Fsp3) is 0.222. The fourth-order valence-corrected chi connectivity index (χ4v) is 1.88. The molecule has 0 atom stereocenters. The summed E-state index contributed by atoms with van der Waals surface area (Å²) in [5.74, 6) is 0. The zero-order valence-corrected chi connectivity index (χ0v) is 8.08. The summed E-state index contributed by atoms with van der Waals surface area (Å²) in [5.41, 5.74) is 2.03. The van der Waals surface area contributed by atoms with E-state index in [4.69, 9.17) is 0 Å². The summed E-state index contributed by atoms with van der Waals surface area (Å²) in [5, 5.41) is 3.04. The van der Waals surface area contributed by atoms with Gasteiger partial charge >= 0.3 is 0 Å². The average Bonchev–Trinajstić information content (AvgIpc) is 2.67. The van der Waals surface area contributed by atoms with E-state index in [1.54, 1.807) is 23.9 Å². The Morgan fingerprint density at radius 2 is 2.38 bits per heavy atom. The maximum absolute atomic E-state index is 4.43. The molecule has 0 aliphatic heterocycles. The van der Waals surface area contributed by atoms with Crippen molar-refractivity contribution in [1.82, 2.24) is 15.0 Å². The molecule has 4 heteroatoms. The van der Waals surface area contributed by atoms with E-state index in [-0.39, 0.29) is 0 Å². The lowest BCUT2D eigenvalue weighted by molar-refractivity contribution is 1.06. The molecule has 13 heavy (non-hydrogen) atoms. The highest BCUT2D eigenvalue weighted by atomic mass is 32.1. The van der Waals surface area contributed by atoms with E-state index in [0.717, 1.165) is 22.8 Å². The van der Waals surface area contributed by atoms with Crippen LogP contribution in [0.15, 0.2) is 24.0 Å². The van der Waals surface area contributed by atoms with Crippen molar-refractivity contribution in [2.24, 2.45) is 0 Å². The standard InChI is InChI=1S/C9H9N3S/c1-2-7-5-13-9(12-7)8-3-4-10-6-11-8/h3-6H,2H2,1H3. The van der Waals surface area contributed by atoms with Gasteiger partial charge in [-0.25, -0.2) is 15.0 Å². The highest BCUT2D eigenvalue weighted by Gasteiger charge is 2.03. The molecule has 0 aromatic carbocycles. The number of rotatable bonds is 2. The second-order valence-corrected chi connectivity index (χ2v) is 3.45. The minimum absolute atomic E-state index is 0.903. The van der Waals surface area contributed by atoms with E-state index < -0.39 is 0 Å². The van der Waals surface area contributed by atoms with E-state index in [2.05, 4.69) is 27.3 Å². The second kappa shape index (κ2) is 3.62. The molecule has 2 heterocycles. The molecule has 0 saturated heterocycles. The predicted molar refractivity (Wildman–Crippen MR) is 52.5 cm³/mol. The van der Waals surface area contributed by atoms with Crippen molar-refractivity contribution in [2.75, 3.05) is 0 Å². The Morgan fingerprint density at radius 3 is 3.00 bits per heavy atom. The third-order valence-electron chi connectivity index (χ3n) is 1.72. The van der Waals surface area contributed by atoms with Gasteiger partial charge in [0.25, 0.3) is 0 Å². The van der Waals surface area contributed by atoms with E-state index in [1.807, 2.05) is 6.07 Å². The van der Waals surface area contributed by atoms with E-state index in [1.165, 1.54) is 0 Å². The van der Waals surface area contributed by atoms with Crippen LogP contribution in [0.1, 0.15) is 12.6 Å². The number of aryl methyl sites for hydroxylation is 1. The smallest absolute Gasteiger partial charge is 0.142 e. The van der Waals surface area contributed by atoms with Gasteiger partial charge in [-0.2, -0.15) is 0 Å². The zero-order valence-electron chi connectivity index (χ0n) is 7.27. The number of hydrogen-bond acceptors (Lipinski definition) is 4. The van der Waals surface area contributed by atoms with Crippen LogP contribution in [-0.4, -0.2) is 15.0 Å². The summed E-state index contributed by atoms with van der Waals surface area (Å²) in [6, 6.07) is 1.87. The molecule has 2 aromatic rings. The molecule has 2 aromatic heterocycles. The SMILES string of the molecule is CCc1csc(-c2ccncn2)n1. The van der Waals surface area contributed by atoms with Gasteiger partial charge in [-0.1, -0.05) is 6.92 Å². The van der Waals surface area contributed by atoms with Gasteiger partial charge in [0.1, 0.15) is 17.0 Å². The van der Waals surface area contributed by atoms with Gasteiger partial charge in [0.05, 0.1) is 5.69 Å². The van der Waals surface area contributed by atoms with Gasteiger partial charge in [-0.3, -0.25) is 0 Å². The first-order valence-electron chi connectivity index (χ1n) is 4.11. The molecule has 3 nitrogen and oxygen atoms in total. The first-order valence-corrected chi connectivity index (χ1v) is 4.99. The third-order valence-corrected chi connectivity index (χ3v) is 2.63. The Hall–Kier alpha value is -1.29. The molecule has 0 radical (unpaired) electrons. The van der Waals surface area contributed by atoms with Crippen LogP contribution in [0.5, 0.6) is 0 Å². The second-order valence-electron chi connectivity index (χ2n) is 2.59. The summed E-state index contributed by atoms with van der Waals surface area (Å²) >= 11 is 1.63. The molecule has 0 spiro atoms. The van der Waals surface area contributed by atoms with Gasteiger partial charge in [-0.15, -0.1) is 11.3 Å². The molecule has 0 unspecified atom stereocenters. The minimum Gasteiger partial charge on any atom is -0.245 e. The Balaban J connectivity index is 2.36. The van der Waals surface area contributed by atoms with Crippen LogP contribution in [0.4, 0.5) is 0 Å². The van der Waals surface area contributed by atoms with Crippen LogP contribution in [0.2, 0.25) is 0 Å². The lowest BCUT2D eigenvalue weighted by Gasteiger charge is -1.91. The highest BCUT2D eigenvalue weighted by molar-refractivity contribution is 7.13. The molecule has 0 saturated carbocycles. The predicted octanol–water partition coefficient (Wildman–Crippen LogP) is 2.16.